The summed E-state index contributed by atoms with van der Waals surface area (Å²) in [5, 5.41) is 3.31. The molecule has 1 heterocycles. The molecule has 1 N–H and O–H groups in total. The first-order valence-corrected chi connectivity index (χ1v) is 12.1. The minimum absolute atomic E-state index is 0.0909. The van der Waals surface area contributed by atoms with Gasteiger partial charge in [-0.25, -0.2) is 4.98 Å². The number of aromatic nitrogens is 2. The quantitative estimate of drug-likeness (QED) is 0.416. The fraction of sp³-hybridized carbons (Fsp3) is 0.310. The molecule has 1 amide bonds. The molecule has 1 fully saturated rings. The van der Waals surface area contributed by atoms with Crippen LogP contribution < -0.4 is 5.32 Å². The molecule has 6 rings (SSSR count). The van der Waals surface area contributed by atoms with Gasteiger partial charge in [0.15, 0.2) is 0 Å². The van der Waals surface area contributed by atoms with E-state index in [9.17, 15) is 4.79 Å². The maximum absolute atomic E-state index is 14.1. The van der Waals surface area contributed by atoms with Crippen LogP contribution in [0.15, 0.2) is 78.9 Å². The summed E-state index contributed by atoms with van der Waals surface area (Å²) in [5.74, 6) is 1.48. The number of amides is 1. The average molecular weight is 436 g/mol. The number of benzene rings is 3. The first kappa shape index (κ1) is 20.2. The van der Waals surface area contributed by atoms with Crippen molar-refractivity contribution in [1.29, 1.82) is 0 Å². The first-order valence-electron chi connectivity index (χ1n) is 12.1. The van der Waals surface area contributed by atoms with Crippen molar-refractivity contribution in [2.75, 3.05) is 5.32 Å². The van der Waals surface area contributed by atoms with Gasteiger partial charge in [0.25, 0.3) is 0 Å². The lowest BCUT2D eigenvalue weighted by molar-refractivity contribution is -0.126. The molecule has 1 aromatic heterocycles. The molecule has 2 aliphatic rings. The molecule has 33 heavy (non-hydrogen) atoms. The molecule has 2 aliphatic carbocycles. The van der Waals surface area contributed by atoms with Crippen molar-refractivity contribution in [2.45, 2.75) is 45.1 Å². The van der Waals surface area contributed by atoms with E-state index in [4.69, 9.17) is 4.98 Å². The van der Waals surface area contributed by atoms with Gasteiger partial charge >= 0.3 is 0 Å². The zero-order chi connectivity index (χ0) is 22.3. The van der Waals surface area contributed by atoms with Crippen molar-refractivity contribution in [3.05, 3.63) is 95.6 Å². The van der Waals surface area contributed by atoms with Crippen molar-refractivity contribution < 1.29 is 4.79 Å². The summed E-state index contributed by atoms with van der Waals surface area (Å²) >= 11 is 0. The molecule has 4 heteroatoms. The number of anilines is 1. The Morgan fingerprint density at radius 3 is 2.48 bits per heavy atom. The van der Waals surface area contributed by atoms with Crippen LogP contribution in [0.1, 0.15) is 36.0 Å². The number of carbonyl (C=O) groups excluding carboxylic acids is 1. The Morgan fingerprint density at radius 2 is 1.67 bits per heavy atom. The molecular weight excluding hydrogens is 406 g/mol. The zero-order valence-electron chi connectivity index (χ0n) is 18.8. The van der Waals surface area contributed by atoms with Gasteiger partial charge in [0.1, 0.15) is 0 Å². The number of hydrogen-bond acceptors (Lipinski definition) is 2. The molecule has 0 aliphatic heterocycles. The van der Waals surface area contributed by atoms with Crippen molar-refractivity contribution in [3.8, 4) is 0 Å². The van der Waals surface area contributed by atoms with Gasteiger partial charge in [-0.1, -0.05) is 66.7 Å². The van der Waals surface area contributed by atoms with E-state index in [2.05, 4.69) is 64.5 Å². The first-order chi connectivity index (χ1) is 16.2. The minimum atomic E-state index is -0.488. The van der Waals surface area contributed by atoms with E-state index in [1.807, 2.05) is 24.3 Å². The summed E-state index contributed by atoms with van der Waals surface area (Å²) in [6, 6.07) is 27.2. The lowest BCUT2D eigenvalue weighted by Crippen LogP contribution is -2.43. The molecule has 0 spiro atoms. The molecular formula is C29H29N3O. The van der Waals surface area contributed by atoms with Crippen molar-refractivity contribution >= 4 is 22.9 Å². The number of fused-ring (bicyclic) bond motifs is 2. The Labute approximate surface area is 194 Å². The number of hydrogen-bond donors (Lipinski definition) is 1. The maximum Gasteiger partial charge on any atom is 0.233 e. The number of aryl methyl sites for hydroxylation is 1. The van der Waals surface area contributed by atoms with Gasteiger partial charge in [-0.15, -0.1) is 0 Å². The van der Waals surface area contributed by atoms with Crippen LogP contribution in [0.25, 0.3) is 11.0 Å². The summed E-state index contributed by atoms with van der Waals surface area (Å²) < 4.78 is 2.22. The van der Waals surface area contributed by atoms with Gasteiger partial charge in [-0.3, -0.25) is 10.1 Å². The number of para-hydroxylation sites is 2. The zero-order valence-corrected chi connectivity index (χ0v) is 18.8. The van der Waals surface area contributed by atoms with E-state index >= 15 is 0 Å². The lowest BCUT2D eigenvalue weighted by Gasteiger charge is -2.37. The van der Waals surface area contributed by atoms with Gasteiger partial charge in [-0.2, -0.15) is 0 Å². The van der Waals surface area contributed by atoms with Crippen LogP contribution in [0.5, 0.6) is 0 Å². The monoisotopic (exact) mass is 435 g/mol. The normalized spacial score (nSPS) is 19.9. The SMILES string of the molecule is O=C(Nc1nc2ccccc2n1CC1CC1)C1(Cc2ccccc2)CCc2ccccc2C1. The van der Waals surface area contributed by atoms with Crippen molar-refractivity contribution in [1.82, 2.24) is 9.55 Å². The molecule has 166 valence electrons. The predicted octanol–water partition coefficient (Wildman–Crippen LogP) is 5.80. The summed E-state index contributed by atoms with van der Waals surface area (Å²) in [6.45, 7) is 0.921. The Kier molecular flexibility index (Phi) is 5.01. The summed E-state index contributed by atoms with van der Waals surface area (Å²) in [6.07, 6.45) is 5.77. The number of nitrogens with one attached hydrogen (secondary N) is 1. The van der Waals surface area contributed by atoms with Crippen LogP contribution >= 0.6 is 0 Å². The van der Waals surface area contributed by atoms with Gasteiger partial charge in [0.05, 0.1) is 16.4 Å². The van der Waals surface area contributed by atoms with Crippen LogP contribution in [-0.4, -0.2) is 15.5 Å². The second kappa shape index (κ2) is 8.18. The van der Waals surface area contributed by atoms with Crippen LogP contribution in [0.2, 0.25) is 0 Å². The summed E-state index contributed by atoms with van der Waals surface area (Å²) in [5.41, 5.74) is 5.43. The third-order valence-corrected chi connectivity index (χ3v) is 7.40. The van der Waals surface area contributed by atoms with E-state index in [0.717, 1.165) is 43.3 Å². The molecule has 3 aromatic carbocycles. The molecule has 1 saturated carbocycles. The smallest absolute Gasteiger partial charge is 0.233 e. The lowest BCUT2D eigenvalue weighted by atomic mass is 9.67. The van der Waals surface area contributed by atoms with Gasteiger partial charge < -0.3 is 4.57 Å². The number of nitrogens with zero attached hydrogens (tertiary/aromatic N) is 2. The second-order valence-electron chi connectivity index (χ2n) is 9.82. The van der Waals surface area contributed by atoms with Crippen LogP contribution in [0.3, 0.4) is 0 Å². The third kappa shape index (κ3) is 3.95. The summed E-state index contributed by atoms with van der Waals surface area (Å²) in [4.78, 5) is 18.9. The molecule has 1 unspecified atom stereocenters. The van der Waals surface area contributed by atoms with E-state index in [1.54, 1.807) is 0 Å². The predicted molar refractivity (Wildman–Crippen MR) is 132 cm³/mol. The number of imidazole rings is 1. The minimum Gasteiger partial charge on any atom is -0.310 e. The highest BCUT2D eigenvalue weighted by Gasteiger charge is 2.42. The van der Waals surface area contributed by atoms with E-state index in [-0.39, 0.29) is 5.91 Å². The molecule has 0 radical (unpaired) electrons. The number of rotatable bonds is 6. The van der Waals surface area contributed by atoms with Crippen LogP contribution in [0.4, 0.5) is 5.95 Å². The second-order valence-corrected chi connectivity index (χ2v) is 9.82. The molecule has 0 bridgehead atoms. The van der Waals surface area contributed by atoms with E-state index < -0.39 is 5.41 Å². The molecule has 1 atom stereocenters. The Hall–Kier alpha value is -3.40. The van der Waals surface area contributed by atoms with Gasteiger partial charge in [-0.05, 0) is 73.3 Å². The summed E-state index contributed by atoms with van der Waals surface area (Å²) in [7, 11) is 0. The highest BCUT2D eigenvalue weighted by Crippen LogP contribution is 2.40. The maximum atomic E-state index is 14.1. The Bertz CT molecular complexity index is 1300. The van der Waals surface area contributed by atoms with E-state index in [1.165, 1.54) is 29.5 Å². The van der Waals surface area contributed by atoms with E-state index in [0.29, 0.717) is 11.9 Å². The molecule has 4 nitrogen and oxygen atoms in total. The Balaban J connectivity index is 1.37. The van der Waals surface area contributed by atoms with Crippen molar-refractivity contribution in [2.24, 2.45) is 11.3 Å². The fourth-order valence-corrected chi connectivity index (χ4v) is 5.36. The van der Waals surface area contributed by atoms with Gasteiger partial charge in [0.2, 0.25) is 11.9 Å². The fourth-order valence-electron chi connectivity index (χ4n) is 5.36. The van der Waals surface area contributed by atoms with Gasteiger partial charge in [0, 0.05) is 6.54 Å². The van der Waals surface area contributed by atoms with Crippen LogP contribution in [-0.2, 0) is 30.6 Å². The largest absolute Gasteiger partial charge is 0.310 e. The third-order valence-electron chi connectivity index (χ3n) is 7.40. The standard InChI is InChI=1S/C29H29N3O/c33-27(31-28-30-25-12-6-7-13-26(25)32(28)20-22-14-15-22)29(18-21-8-2-1-3-9-21)17-16-23-10-4-5-11-24(23)19-29/h1-13,22H,14-20H2,(H,30,31,33). The van der Waals surface area contributed by atoms with Crippen LogP contribution in [0, 0.1) is 11.3 Å². The topological polar surface area (TPSA) is 46.9 Å². The molecule has 4 aromatic rings. The Morgan fingerprint density at radius 1 is 0.939 bits per heavy atom. The number of carbonyl (C=O) groups is 1. The highest BCUT2D eigenvalue weighted by atomic mass is 16.2. The van der Waals surface area contributed by atoms with Crippen molar-refractivity contribution in [3.63, 3.8) is 0 Å². The molecule has 0 saturated heterocycles. The average Bonchev–Trinajstić information content (AvgIpc) is 3.61. The highest BCUT2D eigenvalue weighted by molar-refractivity contribution is 5.96.